The first kappa shape index (κ1) is 20.7. The largest absolute Gasteiger partial charge is 0.452 e. The molecule has 1 unspecified atom stereocenters. The van der Waals surface area contributed by atoms with Crippen molar-refractivity contribution in [2.45, 2.75) is 57.3 Å². The first-order valence-electron chi connectivity index (χ1n) is 9.83. The molecule has 5 nitrogen and oxygen atoms in total. The smallest absolute Gasteiger partial charge is 0.436 e. The van der Waals surface area contributed by atoms with E-state index in [4.69, 9.17) is 4.42 Å². The van der Waals surface area contributed by atoms with Gasteiger partial charge in [-0.05, 0) is 57.4 Å². The lowest BCUT2D eigenvalue weighted by Crippen LogP contribution is -2.49. The van der Waals surface area contributed by atoms with Gasteiger partial charge in [-0.1, -0.05) is 0 Å². The van der Waals surface area contributed by atoms with E-state index in [-0.39, 0.29) is 17.2 Å². The molecule has 1 aromatic carbocycles. The summed E-state index contributed by atoms with van der Waals surface area (Å²) in [6.45, 7) is 6.15. The summed E-state index contributed by atoms with van der Waals surface area (Å²) >= 11 is 0. The van der Waals surface area contributed by atoms with Crippen molar-refractivity contribution in [1.29, 1.82) is 0 Å². The number of amides is 1. The molecule has 0 bridgehead atoms. The number of benzene rings is 1. The average Bonchev–Trinajstić information content (AvgIpc) is 3.30. The molecule has 1 aromatic heterocycles. The van der Waals surface area contributed by atoms with Crippen LogP contribution in [-0.4, -0.2) is 40.0 Å². The topological polar surface area (TPSA) is 49.6 Å². The van der Waals surface area contributed by atoms with Crippen molar-refractivity contribution in [1.82, 2.24) is 9.88 Å². The Morgan fingerprint density at radius 3 is 2.50 bits per heavy atom. The van der Waals surface area contributed by atoms with Crippen molar-refractivity contribution >= 4 is 11.6 Å². The van der Waals surface area contributed by atoms with Gasteiger partial charge < -0.3 is 14.2 Å². The van der Waals surface area contributed by atoms with Crippen molar-refractivity contribution in [3.8, 4) is 0 Å². The van der Waals surface area contributed by atoms with Crippen molar-refractivity contribution in [2.24, 2.45) is 0 Å². The van der Waals surface area contributed by atoms with Gasteiger partial charge in [-0.3, -0.25) is 4.79 Å². The molecule has 1 atom stereocenters. The number of oxazole rings is 1. The fraction of sp³-hybridized carbons (Fsp3) is 0.524. The Balaban J connectivity index is 1.69. The van der Waals surface area contributed by atoms with Crippen LogP contribution in [0.3, 0.4) is 0 Å². The summed E-state index contributed by atoms with van der Waals surface area (Å²) in [4.78, 5) is 20.6. The second-order valence-corrected chi connectivity index (χ2v) is 8.74. The van der Waals surface area contributed by atoms with Crippen LogP contribution in [0.2, 0.25) is 0 Å². The maximum atomic E-state index is 13.4. The second kappa shape index (κ2) is 6.72. The first-order valence-corrected chi connectivity index (χ1v) is 9.83. The number of carbonyl (C=O) groups excluding carboxylic acids is 1. The minimum Gasteiger partial charge on any atom is -0.436 e. The quantitative estimate of drug-likeness (QED) is 0.649. The highest BCUT2D eigenvalue weighted by Crippen LogP contribution is 2.48. The van der Waals surface area contributed by atoms with E-state index in [1.807, 2.05) is 13.8 Å². The van der Waals surface area contributed by atoms with Crippen LogP contribution in [0, 0.1) is 12.7 Å². The zero-order valence-electron chi connectivity index (χ0n) is 17.0. The van der Waals surface area contributed by atoms with E-state index in [1.165, 1.54) is 24.0 Å². The van der Waals surface area contributed by atoms with Gasteiger partial charge in [0.25, 0.3) is 5.91 Å². The third-order valence-corrected chi connectivity index (χ3v) is 6.12. The molecule has 2 saturated heterocycles. The van der Waals surface area contributed by atoms with Crippen molar-refractivity contribution in [3.05, 3.63) is 47.4 Å². The van der Waals surface area contributed by atoms with E-state index in [2.05, 4.69) is 9.88 Å². The number of rotatable bonds is 2. The number of nitrogens with zero attached hydrogens (tertiary/aromatic N) is 3. The molecule has 0 radical (unpaired) electrons. The molecular formula is C21H23F4N3O2. The van der Waals surface area contributed by atoms with Crippen molar-refractivity contribution in [3.63, 3.8) is 0 Å². The molecule has 1 spiro atoms. The van der Waals surface area contributed by atoms with Gasteiger partial charge in [0.1, 0.15) is 5.82 Å². The highest BCUT2D eigenvalue weighted by atomic mass is 19.4. The molecule has 3 heterocycles. The van der Waals surface area contributed by atoms with Crippen LogP contribution in [0.1, 0.15) is 55.2 Å². The summed E-state index contributed by atoms with van der Waals surface area (Å²) in [7, 11) is 0. The zero-order chi connectivity index (χ0) is 21.9. The van der Waals surface area contributed by atoms with Crippen LogP contribution in [-0.2, 0) is 6.18 Å². The predicted molar refractivity (Wildman–Crippen MR) is 102 cm³/mol. The van der Waals surface area contributed by atoms with Gasteiger partial charge in [0.2, 0.25) is 5.76 Å². The molecule has 0 saturated carbocycles. The standard InChI is InChI=1S/C21H23F4N3O2/c1-13-26-16(17(30-13)21(23,24)25)18(29)27-10-4-9-20(27)11-19(2,3)28(12-20)15-7-5-14(22)6-8-15/h5-8H,4,9-12H2,1-3H3. The fourth-order valence-corrected chi connectivity index (χ4v) is 5.02. The van der Waals surface area contributed by atoms with Gasteiger partial charge >= 0.3 is 6.18 Å². The van der Waals surface area contributed by atoms with Crippen LogP contribution in [0.25, 0.3) is 0 Å². The lowest BCUT2D eigenvalue weighted by atomic mass is 9.87. The third kappa shape index (κ3) is 3.33. The molecule has 30 heavy (non-hydrogen) atoms. The summed E-state index contributed by atoms with van der Waals surface area (Å²) in [6, 6.07) is 6.11. The molecule has 2 aliphatic rings. The number of aromatic nitrogens is 1. The lowest BCUT2D eigenvalue weighted by Gasteiger charge is -2.35. The van der Waals surface area contributed by atoms with Crippen LogP contribution in [0.5, 0.6) is 0 Å². The first-order chi connectivity index (χ1) is 13.9. The number of hydrogen-bond donors (Lipinski definition) is 0. The van der Waals surface area contributed by atoms with E-state index >= 15 is 0 Å². The minimum absolute atomic E-state index is 0.196. The van der Waals surface area contributed by atoms with Gasteiger partial charge in [0.05, 0.1) is 5.54 Å². The molecule has 1 amide bonds. The molecule has 0 N–H and O–H groups in total. The Bertz CT molecular complexity index is 968. The molecular weight excluding hydrogens is 402 g/mol. The third-order valence-electron chi connectivity index (χ3n) is 6.12. The van der Waals surface area contributed by atoms with Gasteiger partial charge in [0, 0.05) is 31.2 Å². The Morgan fingerprint density at radius 1 is 1.20 bits per heavy atom. The van der Waals surface area contributed by atoms with Crippen LogP contribution in [0.15, 0.2) is 28.7 Å². The Kier molecular flexibility index (Phi) is 4.63. The normalized spacial score (nSPS) is 23.6. The molecule has 9 heteroatoms. The number of halogens is 4. The number of carbonyl (C=O) groups is 1. The monoisotopic (exact) mass is 425 g/mol. The molecule has 2 fully saturated rings. The lowest BCUT2D eigenvalue weighted by molar-refractivity contribution is -0.153. The molecule has 0 aliphatic carbocycles. The SMILES string of the molecule is Cc1nc(C(=O)N2CCCC23CN(c2ccc(F)cc2)C(C)(C)C3)c(C(F)(F)F)o1. The molecule has 2 aliphatic heterocycles. The summed E-state index contributed by atoms with van der Waals surface area (Å²) in [5.74, 6) is -2.64. The maximum absolute atomic E-state index is 13.4. The Morgan fingerprint density at radius 2 is 1.87 bits per heavy atom. The number of anilines is 1. The summed E-state index contributed by atoms with van der Waals surface area (Å²) < 4.78 is 58.2. The van der Waals surface area contributed by atoms with E-state index in [0.29, 0.717) is 32.4 Å². The van der Waals surface area contributed by atoms with Gasteiger partial charge in [-0.25, -0.2) is 9.37 Å². The number of likely N-dealkylation sites (tertiary alicyclic amines) is 1. The summed E-state index contributed by atoms with van der Waals surface area (Å²) in [6.07, 6.45) is -2.84. The van der Waals surface area contributed by atoms with E-state index < -0.39 is 29.1 Å². The van der Waals surface area contributed by atoms with Gasteiger partial charge in [-0.15, -0.1) is 0 Å². The average molecular weight is 425 g/mol. The Hall–Kier alpha value is -2.58. The minimum atomic E-state index is -4.80. The maximum Gasteiger partial charge on any atom is 0.452 e. The highest BCUT2D eigenvalue weighted by molar-refractivity contribution is 5.94. The van der Waals surface area contributed by atoms with Crippen LogP contribution < -0.4 is 4.90 Å². The van der Waals surface area contributed by atoms with Crippen LogP contribution in [0.4, 0.5) is 23.2 Å². The molecule has 2 aromatic rings. The highest BCUT2D eigenvalue weighted by Gasteiger charge is 2.56. The molecule has 4 rings (SSSR count). The predicted octanol–water partition coefficient (Wildman–Crippen LogP) is 4.80. The van der Waals surface area contributed by atoms with Crippen molar-refractivity contribution < 1.29 is 26.8 Å². The zero-order valence-corrected chi connectivity index (χ0v) is 17.0. The fourth-order valence-electron chi connectivity index (χ4n) is 5.02. The second-order valence-electron chi connectivity index (χ2n) is 8.74. The van der Waals surface area contributed by atoms with E-state index in [9.17, 15) is 22.4 Å². The summed E-state index contributed by atoms with van der Waals surface area (Å²) in [5, 5.41) is 0. The number of alkyl halides is 3. The van der Waals surface area contributed by atoms with Crippen molar-refractivity contribution in [2.75, 3.05) is 18.0 Å². The van der Waals surface area contributed by atoms with E-state index in [0.717, 1.165) is 5.69 Å². The van der Waals surface area contributed by atoms with Crippen LogP contribution >= 0.6 is 0 Å². The number of hydrogen-bond acceptors (Lipinski definition) is 4. The van der Waals surface area contributed by atoms with Gasteiger partial charge in [-0.2, -0.15) is 13.2 Å². The van der Waals surface area contributed by atoms with E-state index in [1.54, 1.807) is 12.1 Å². The Labute approximate surface area is 171 Å². The summed E-state index contributed by atoms with van der Waals surface area (Å²) in [5.41, 5.74) is -0.858. The number of aryl methyl sites for hydroxylation is 1. The van der Waals surface area contributed by atoms with Gasteiger partial charge in [0.15, 0.2) is 11.6 Å². The molecule has 162 valence electrons.